The van der Waals surface area contributed by atoms with E-state index in [0.29, 0.717) is 34.6 Å². The maximum atomic E-state index is 5.41. The topological polar surface area (TPSA) is 71.1 Å². The summed E-state index contributed by atoms with van der Waals surface area (Å²) in [6, 6.07) is 15.1. The lowest BCUT2D eigenvalue weighted by Gasteiger charge is -2.15. The Bertz CT molecular complexity index is 966. The first kappa shape index (κ1) is 20.1. The molecule has 152 valence electrons. The second-order valence-electron chi connectivity index (χ2n) is 6.02. The Hall–Kier alpha value is -3.61. The van der Waals surface area contributed by atoms with Gasteiger partial charge < -0.3 is 29.0 Å². The molecule has 0 fully saturated rings. The number of anilines is 2. The van der Waals surface area contributed by atoms with Crippen molar-refractivity contribution in [1.82, 2.24) is 4.98 Å². The van der Waals surface area contributed by atoms with E-state index < -0.39 is 0 Å². The Labute approximate surface area is 170 Å². The van der Waals surface area contributed by atoms with Crippen LogP contribution in [0, 0.1) is 0 Å². The molecule has 1 aromatic heterocycles. The molecule has 0 radical (unpaired) electrons. The van der Waals surface area contributed by atoms with E-state index >= 15 is 0 Å². The smallest absolute Gasteiger partial charge is 0.203 e. The zero-order valence-corrected chi connectivity index (χ0v) is 17.1. The van der Waals surface area contributed by atoms with Crippen molar-refractivity contribution in [1.29, 1.82) is 0 Å². The van der Waals surface area contributed by atoms with Gasteiger partial charge in [-0.25, -0.2) is 4.98 Å². The van der Waals surface area contributed by atoms with Crippen molar-refractivity contribution in [2.75, 3.05) is 40.9 Å². The van der Waals surface area contributed by atoms with Gasteiger partial charge in [-0.1, -0.05) is 6.07 Å². The average Bonchev–Trinajstić information content (AvgIpc) is 2.77. The summed E-state index contributed by atoms with van der Waals surface area (Å²) in [5.41, 5.74) is 2.47. The van der Waals surface area contributed by atoms with E-state index in [4.69, 9.17) is 28.7 Å². The van der Waals surface area contributed by atoms with E-state index in [2.05, 4.69) is 5.32 Å². The minimum absolute atomic E-state index is 0.535. The molecule has 1 N–H and O–H groups in total. The first-order valence-electron chi connectivity index (χ1n) is 8.90. The van der Waals surface area contributed by atoms with Crippen LogP contribution in [0.5, 0.6) is 28.7 Å². The summed E-state index contributed by atoms with van der Waals surface area (Å²) in [7, 11) is 7.95. The molecule has 7 heteroatoms. The van der Waals surface area contributed by atoms with Gasteiger partial charge in [0.25, 0.3) is 0 Å². The largest absolute Gasteiger partial charge is 0.493 e. The van der Waals surface area contributed by atoms with Crippen molar-refractivity contribution in [3.63, 3.8) is 0 Å². The molecule has 0 saturated carbocycles. The number of methoxy groups -OCH3 is 5. The van der Waals surface area contributed by atoms with Gasteiger partial charge in [-0.15, -0.1) is 0 Å². The first-order chi connectivity index (χ1) is 14.1. The molecule has 29 heavy (non-hydrogen) atoms. The van der Waals surface area contributed by atoms with Crippen LogP contribution < -0.4 is 29.0 Å². The van der Waals surface area contributed by atoms with Crippen LogP contribution in [-0.4, -0.2) is 40.5 Å². The van der Waals surface area contributed by atoms with Crippen LogP contribution in [0.2, 0.25) is 0 Å². The van der Waals surface area contributed by atoms with Gasteiger partial charge >= 0.3 is 0 Å². The molecule has 0 aliphatic heterocycles. The van der Waals surface area contributed by atoms with E-state index in [-0.39, 0.29) is 0 Å². The molecule has 3 rings (SSSR count). The lowest BCUT2D eigenvalue weighted by atomic mass is 10.1. The Balaban J connectivity index is 1.93. The Morgan fingerprint density at radius 2 is 1.31 bits per heavy atom. The number of nitrogens with one attached hydrogen (secondary N) is 1. The second-order valence-corrected chi connectivity index (χ2v) is 6.02. The molecule has 1 heterocycles. The third kappa shape index (κ3) is 4.29. The molecule has 3 aromatic rings. The Morgan fingerprint density at radius 1 is 0.655 bits per heavy atom. The standard InChI is InChI=1S/C22H24N2O5/c1-25-17-10-9-14(11-18(17)26-2)16-7-6-8-21(24-16)23-15-12-19(27-3)22(29-5)20(13-15)28-4/h6-13H,1-5H3,(H,23,24). The summed E-state index contributed by atoms with van der Waals surface area (Å²) >= 11 is 0. The van der Waals surface area contributed by atoms with Crippen molar-refractivity contribution in [2.45, 2.75) is 0 Å². The van der Waals surface area contributed by atoms with E-state index in [0.717, 1.165) is 16.9 Å². The highest BCUT2D eigenvalue weighted by molar-refractivity contribution is 5.69. The predicted molar refractivity (Wildman–Crippen MR) is 112 cm³/mol. The van der Waals surface area contributed by atoms with Crippen LogP contribution in [0.3, 0.4) is 0 Å². The zero-order chi connectivity index (χ0) is 20.8. The third-order valence-corrected chi connectivity index (χ3v) is 4.37. The normalized spacial score (nSPS) is 10.2. The number of nitrogens with zero attached hydrogens (tertiary/aromatic N) is 1. The van der Waals surface area contributed by atoms with Crippen LogP contribution in [0.25, 0.3) is 11.3 Å². The highest BCUT2D eigenvalue weighted by Gasteiger charge is 2.14. The SMILES string of the molecule is COc1ccc(-c2cccc(Nc3cc(OC)c(OC)c(OC)c3)n2)cc1OC. The van der Waals surface area contributed by atoms with Gasteiger partial charge in [0.2, 0.25) is 5.75 Å². The highest BCUT2D eigenvalue weighted by Crippen LogP contribution is 2.40. The maximum Gasteiger partial charge on any atom is 0.203 e. The number of benzene rings is 2. The molecule has 0 aliphatic carbocycles. The monoisotopic (exact) mass is 396 g/mol. The van der Waals surface area contributed by atoms with Gasteiger partial charge in [0.05, 0.1) is 41.2 Å². The fourth-order valence-corrected chi connectivity index (χ4v) is 2.96. The quantitative estimate of drug-likeness (QED) is 0.599. The fourth-order valence-electron chi connectivity index (χ4n) is 2.96. The molecule has 2 aromatic carbocycles. The third-order valence-electron chi connectivity index (χ3n) is 4.37. The van der Waals surface area contributed by atoms with Gasteiger partial charge in [-0.05, 0) is 30.3 Å². The van der Waals surface area contributed by atoms with Crippen molar-refractivity contribution < 1.29 is 23.7 Å². The second kappa shape index (κ2) is 9.05. The molecular formula is C22H24N2O5. The van der Waals surface area contributed by atoms with Crippen LogP contribution in [-0.2, 0) is 0 Å². The number of aromatic nitrogens is 1. The summed E-state index contributed by atoms with van der Waals surface area (Å²) in [6.45, 7) is 0. The van der Waals surface area contributed by atoms with Crippen molar-refractivity contribution in [3.05, 3.63) is 48.5 Å². The molecule has 0 bridgehead atoms. The van der Waals surface area contributed by atoms with Gasteiger partial charge in [-0.3, -0.25) is 0 Å². The number of pyridine rings is 1. The fraction of sp³-hybridized carbons (Fsp3) is 0.227. The van der Waals surface area contributed by atoms with Crippen LogP contribution in [0.15, 0.2) is 48.5 Å². The van der Waals surface area contributed by atoms with Crippen molar-refractivity contribution in [3.8, 4) is 40.0 Å². The predicted octanol–water partition coefficient (Wildman–Crippen LogP) is 4.54. The summed E-state index contributed by atoms with van der Waals surface area (Å²) in [4.78, 5) is 4.70. The van der Waals surface area contributed by atoms with Crippen LogP contribution in [0.4, 0.5) is 11.5 Å². The molecule has 0 unspecified atom stereocenters. The van der Waals surface area contributed by atoms with Crippen LogP contribution >= 0.6 is 0 Å². The average molecular weight is 396 g/mol. The molecule has 0 amide bonds. The minimum Gasteiger partial charge on any atom is -0.493 e. The summed E-state index contributed by atoms with van der Waals surface area (Å²) in [5, 5.41) is 3.28. The number of rotatable bonds is 8. The lowest BCUT2D eigenvalue weighted by Crippen LogP contribution is -1.99. The highest BCUT2D eigenvalue weighted by atomic mass is 16.5. The Morgan fingerprint density at radius 3 is 1.90 bits per heavy atom. The zero-order valence-electron chi connectivity index (χ0n) is 17.1. The number of ether oxygens (including phenoxy) is 5. The molecule has 7 nitrogen and oxygen atoms in total. The molecule has 0 spiro atoms. The lowest BCUT2D eigenvalue weighted by molar-refractivity contribution is 0.324. The van der Waals surface area contributed by atoms with E-state index in [1.165, 1.54) is 0 Å². The summed E-state index contributed by atoms with van der Waals surface area (Å²) < 4.78 is 26.9. The van der Waals surface area contributed by atoms with Gasteiger partial charge in [0, 0.05) is 23.4 Å². The van der Waals surface area contributed by atoms with E-state index in [1.54, 1.807) is 35.5 Å². The molecular weight excluding hydrogens is 372 g/mol. The first-order valence-corrected chi connectivity index (χ1v) is 8.90. The summed E-state index contributed by atoms with van der Waals surface area (Å²) in [6.07, 6.45) is 0. The number of hydrogen-bond acceptors (Lipinski definition) is 7. The maximum absolute atomic E-state index is 5.41. The minimum atomic E-state index is 0.535. The molecule has 0 atom stereocenters. The van der Waals surface area contributed by atoms with Gasteiger partial charge in [-0.2, -0.15) is 0 Å². The van der Waals surface area contributed by atoms with Gasteiger partial charge in [0.15, 0.2) is 23.0 Å². The Kier molecular flexibility index (Phi) is 6.29. The van der Waals surface area contributed by atoms with Crippen molar-refractivity contribution in [2.24, 2.45) is 0 Å². The molecule has 0 saturated heterocycles. The van der Waals surface area contributed by atoms with E-state index in [1.807, 2.05) is 48.5 Å². The van der Waals surface area contributed by atoms with Gasteiger partial charge in [0.1, 0.15) is 5.82 Å². The number of hydrogen-bond donors (Lipinski definition) is 1. The van der Waals surface area contributed by atoms with E-state index in [9.17, 15) is 0 Å². The van der Waals surface area contributed by atoms with Crippen molar-refractivity contribution >= 4 is 11.5 Å². The summed E-state index contributed by atoms with van der Waals surface area (Å²) in [5.74, 6) is 3.65. The molecule has 0 aliphatic rings. The van der Waals surface area contributed by atoms with Crippen LogP contribution in [0.1, 0.15) is 0 Å².